The molecule has 0 radical (unpaired) electrons. The molecule has 116 valence electrons. The third kappa shape index (κ3) is 6.85. The molecule has 0 spiro atoms. The van der Waals surface area contributed by atoms with E-state index in [1.54, 1.807) is 12.1 Å². The highest BCUT2D eigenvalue weighted by Gasteiger charge is 2.14. The standard InChI is InChI=1S/C15H22FN3O2/c1-12(20)19(10-13-4-6-14(16)7-5-13)11-15(21)17-8-9-18(2)3/h4-7H,8-11H2,1-3H3,(H,17,21). The summed E-state index contributed by atoms with van der Waals surface area (Å²) in [6.45, 7) is 2.98. The van der Waals surface area contributed by atoms with E-state index in [2.05, 4.69) is 5.32 Å². The minimum absolute atomic E-state index is 0.000137. The lowest BCUT2D eigenvalue weighted by molar-refractivity contribution is -0.134. The largest absolute Gasteiger partial charge is 0.353 e. The van der Waals surface area contributed by atoms with E-state index >= 15 is 0 Å². The van der Waals surface area contributed by atoms with Crippen molar-refractivity contribution in [3.8, 4) is 0 Å². The van der Waals surface area contributed by atoms with Crippen LogP contribution in [0.4, 0.5) is 4.39 Å². The molecule has 0 aliphatic carbocycles. The second-order valence-corrected chi connectivity index (χ2v) is 5.15. The van der Waals surface area contributed by atoms with E-state index in [-0.39, 0.29) is 30.7 Å². The van der Waals surface area contributed by atoms with Gasteiger partial charge in [-0.3, -0.25) is 9.59 Å². The summed E-state index contributed by atoms with van der Waals surface area (Å²) in [5.74, 6) is -0.717. The molecule has 1 rings (SSSR count). The molecule has 0 saturated heterocycles. The molecule has 5 nitrogen and oxygen atoms in total. The zero-order chi connectivity index (χ0) is 15.8. The summed E-state index contributed by atoms with van der Waals surface area (Å²) in [7, 11) is 3.84. The van der Waals surface area contributed by atoms with Gasteiger partial charge in [-0.15, -0.1) is 0 Å². The van der Waals surface area contributed by atoms with Crippen molar-refractivity contribution in [1.29, 1.82) is 0 Å². The van der Waals surface area contributed by atoms with Crippen LogP contribution in [0, 0.1) is 5.82 Å². The Balaban J connectivity index is 2.51. The highest BCUT2D eigenvalue weighted by molar-refractivity contribution is 5.83. The highest BCUT2D eigenvalue weighted by Crippen LogP contribution is 2.06. The molecule has 0 aliphatic rings. The Morgan fingerprint density at radius 3 is 2.33 bits per heavy atom. The maximum atomic E-state index is 12.8. The fourth-order valence-corrected chi connectivity index (χ4v) is 1.74. The highest BCUT2D eigenvalue weighted by atomic mass is 19.1. The molecule has 0 heterocycles. The molecule has 6 heteroatoms. The predicted octanol–water partition coefficient (Wildman–Crippen LogP) is 0.852. The zero-order valence-electron chi connectivity index (χ0n) is 12.7. The summed E-state index contributed by atoms with van der Waals surface area (Å²) in [6.07, 6.45) is 0. The second kappa shape index (κ2) is 8.36. The Morgan fingerprint density at radius 1 is 1.19 bits per heavy atom. The van der Waals surface area contributed by atoms with Crippen LogP contribution in [-0.2, 0) is 16.1 Å². The molecule has 0 fully saturated rings. The minimum atomic E-state index is -0.324. The SMILES string of the molecule is CC(=O)N(CC(=O)NCCN(C)C)Cc1ccc(F)cc1. The van der Waals surface area contributed by atoms with Crippen molar-refractivity contribution >= 4 is 11.8 Å². The maximum Gasteiger partial charge on any atom is 0.239 e. The molecule has 0 unspecified atom stereocenters. The van der Waals surface area contributed by atoms with Crippen LogP contribution in [0.1, 0.15) is 12.5 Å². The van der Waals surface area contributed by atoms with Crippen LogP contribution in [0.15, 0.2) is 24.3 Å². The number of halogens is 1. The lowest BCUT2D eigenvalue weighted by atomic mass is 10.2. The first-order valence-electron chi connectivity index (χ1n) is 6.80. The lowest BCUT2D eigenvalue weighted by Crippen LogP contribution is -2.41. The van der Waals surface area contributed by atoms with Crippen LogP contribution in [-0.4, -0.2) is 55.3 Å². The predicted molar refractivity (Wildman–Crippen MR) is 79.1 cm³/mol. The Hall–Kier alpha value is -1.95. The van der Waals surface area contributed by atoms with Crippen LogP contribution in [0.5, 0.6) is 0 Å². The normalized spacial score (nSPS) is 10.5. The molecule has 1 N–H and O–H groups in total. The summed E-state index contributed by atoms with van der Waals surface area (Å²) < 4.78 is 12.8. The van der Waals surface area contributed by atoms with E-state index in [9.17, 15) is 14.0 Å². The number of benzene rings is 1. The van der Waals surface area contributed by atoms with Gasteiger partial charge in [0.2, 0.25) is 11.8 Å². The summed E-state index contributed by atoms with van der Waals surface area (Å²) in [6, 6.07) is 5.89. The number of carbonyl (C=O) groups is 2. The van der Waals surface area contributed by atoms with Gasteiger partial charge in [-0.2, -0.15) is 0 Å². The number of nitrogens with one attached hydrogen (secondary N) is 1. The molecule has 0 bridgehead atoms. The molecule has 1 aromatic carbocycles. The number of amides is 2. The maximum absolute atomic E-state index is 12.8. The third-order valence-electron chi connectivity index (χ3n) is 2.95. The van der Waals surface area contributed by atoms with Crippen molar-refractivity contribution in [3.05, 3.63) is 35.6 Å². The molecular weight excluding hydrogens is 273 g/mol. The smallest absolute Gasteiger partial charge is 0.239 e. The van der Waals surface area contributed by atoms with Gasteiger partial charge in [-0.25, -0.2) is 4.39 Å². The van der Waals surface area contributed by atoms with Crippen molar-refractivity contribution in [2.24, 2.45) is 0 Å². The van der Waals surface area contributed by atoms with Gasteiger partial charge in [-0.05, 0) is 31.8 Å². The van der Waals surface area contributed by atoms with E-state index in [1.165, 1.54) is 24.0 Å². The van der Waals surface area contributed by atoms with Crippen LogP contribution < -0.4 is 5.32 Å². The molecule has 0 atom stereocenters. The van der Waals surface area contributed by atoms with Crippen molar-refractivity contribution in [3.63, 3.8) is 0 Å². The van der Waals surface area contributed by atoms with Gasteiger partial charge in [0.1, 0.15) is 5.82 Å². The molecule has 0 aliphatic heterocycles. The van der Waals surface area contributed by atoms with E-state index in [1.807, 2.05) is 19.0 Å². The van der Waals surface area contributed by atoms with Crippen molar-refractivity contribution in [2.75, 3.05) is 33.7 Å². The summed E-state index contributed by atoms with van der Waals surface area (Å²) in [5, 5.41) is 2.76. The van der Waals surface area contributed by atoms with Crippen LogP contribution in [0.2, 0.25) is 0 Å². The van der Waals surface area contributed by atoms with Crippen molar-refractivity contribution in [2.45, 2.75) is 13.5 Å². The van der Waals surface area contributed by atoms with Gasteiger partial charge in [0.15, 0.2) is 0 Å². The number of carbonyl (C=O) groups excluding carboxylic acids is 2. The lowest BCUT2D eigenvalue weighted by Gasteiger charge is -2.21. The third-order valence-corrected chi connectivity index (χ3v) is 2.95. The first-order chi connectivity index (χ1) is 9.88. The average Bonchev–Trinajstić information content (AvgIpc) is 2.40. The second-order valence-electron chi connectivity index (χ2n) is 5.15. The van der Waals surface area contributed by atoms with Crippen LogP contribution >= 0.6 is 0 Å². The summed E-state index contributed by atoms with van der Waals surface area (Å²) >= 11 is 0. The summed E-state index contributed by atoms with van der Waals surface area (Å²) in [5.41, 5.74) is 0.785. The Bertz CT molecular complexity index is 474. The van der Waals surface area contributed by atoms with Crippen LogP contribution in [0.3, 0.4) is 0 Å². The average molecular weight is 295 g/mol. The number of nitrogens with zero attached hydrogens (tertiary/aromatic N) is 2. The number of hydrogen-bond donors (Lipinski definition) is 1. The molecule has 0 aromatic heterocycles. The Kier molecular flexibility index (Phi) is 6.81. The van der Waals surface area contributed by atoms with Gasteiger partial charge in [-0.1, -0.05) is 12.1 Å². The van der Waals surface area contributed by atoms with Crippen molar-refractivity contribution < 1.29 is 14.0 Å². The van der Waals surface area contributed by atoms with E-state index in [0.717, 1.165) is 12.1 Å². The molecule has 0 saturated carbocycles. The fourth-order valence-electron chi connectivity index (χ4n) is 1.74. The monoisotopic (exact) mass is 295 g/mol. The molecule has 1 aromatic rings. The number of hydrogen-bond acceptors (Lipinski definition) is 3. The number of rotatable bonds is 7. The molecular formula is C15H22FN3O2. The van der Waals surface area contributed by atoms with Gasteiger partial charge in [0.05, 0.1) is 6.54 Å². The first kappa shape index (κ1) is 17.1. The van der Waals surface area contributed by atoms with Gasteiger partial charge < -0.3 is 15.1 Å². The van der Waals surface area contributed by atoms with Gasteiger partial charge in [0.25, 0.3) is 0 Å². The zero-order valence-corrected chi connectivity index (χ0v) is 12.7. The van der Waals surface area contributed by atoms with Gasteiger partial charge in [0, 0.05) is 26.6 Å². The Labute approximate surface area is 124 Å². The fraction of sp³-hybridized carbons (Fsp3) is 0.467. The van der Waals surface area contributed by atoms with Crippen LogP contribution in [0.25, 0.3) is 0 Å². The Morgan fingerprint density at radius 2 is 1.81 bits per heavy atom. The number of likely N-dealkylation sites (N-methyl/N-ethyl adjacent to an activating group) is 1. The van der Waals surface area contributed by atoms with E-state index in [4.69, 9.17) is 0 Å². The topological polar surface area (TPSA) is 52.7 Å². The summed E-state index contributed by atoms with van der Waals surface area (Å²) in [4.78, 5) is 26.8. The van der Waals surface area contributed by atoms with E-state index in [0.29, 0.717) is 6.54 Å². The first-order valence-corrected chi connectivity index (χ1v) is 6.80. The van der Waals surface area contributed by atoms with E-state index < -0.39 is 0 Å². The van der Waals surface area contributed by atoms with Gasteiger partial charge >= 0.3 is 0 Å². The van der Waals surface area contributed by atoms with Crippen molar-refractivity contribution in [1.82, 2.24) is 15.1 Å². The minimum Gasteiger partial charge on any atom is -0.353 e. The molecule has 2 amide bonds. The quantitative estimate of drug-likeness (QED) is 0.811. The molecule has 21 heavy (non-hydrogen) atoms.